The van der Waals surface area contributed by atoms with E-state index >= 15 is 0 Å². The Kier molecular flexibility index (Phi) is 3.34. The van der Waals surface area contributed by atoms with Crippen LogP contribution >= 0.6 is 0 Å². The average molecular weight is 254 g/mol. The molecule has 104 valence electrons. The molecule has 0 aliphatic heterocycles. The van der Waals surface area contributed by atoms with E-state index < -0.39 is 5.60 Å². The van der Waals surface area contributed by atoms with Crippen molar-refractivity contribution in [1.82, 2.24) is 5.32 Å². The SMILES string of the molecule is CC(C)(C)OC(=O)NC[C@]12CC[C@](N)(CC1)CC2. The molecule has 3 N–H and O–H groups in total. The van der Waals surface area contributed by atoms with Crippen molar-refractivity contribution in [3.63, 3.8) is 0 Å². The van der Waals surface area contributed by atoms with E-state index in [9.17, 15) is 4.79 Å². The number of fused-ring (bicyclic) bond motifs is 3. The summed E-state index contributed by atoms with van der Waals surface area (Å²) in [4.78, 5) is 11.7. The van der Waals surface area contributed by atoms with Crippen LogP contribution in [-0.2, 0) is 4.74 Å². The van der Waals surface area contributed by atoms with Gasteiger partial charge in [0.15, 0.2) is 0 Å². The predicted molar refractivity (Wildman–Crippen MR) is 71.3 cm³/mol. The van der Waals surface area contributed by atoms with Crippen molar-refractivity contribution in [2.45, 2.75) is 70.4 Å². The van der Waals surface area contributed by atoms with Gasteiger partial charge in [-0.25, -0.2) is 4.79 Å². The molecule has 0 radical (unpaired) electrons. The van der Waals surface area contributed by atoms with Crippen molar-refractivity contribution in [1.29, 1.82) is 0 Å². The number of alkyl carbamates (subject to hydrolysis) is 1. The Labute approximate surface area is 110 Å². The van der Waals surface area contributed by atoms with Gasteiger partial charge in [0.1, 0.15) is 5.60 Å². The van der Waals surface area contributed by atoms with E-state index in [1.807, 2.05) is 20.8 Å². The van der Waals surface area contributed by atoms with E-state index in [-0.39, 0.29) is 17.0 Å². The maximum Gasteiger partial charge on any atom is 0.407 e. The van der Waals surface area contributed by atoms with Crippen molar-refractivity contribution in [3.8, 4) is 0 Å². The molecule has 0 aromatic heterocycles. The molecule has 0 heterocycles. The van der Waals surface area contributed by atoms with Gasteiger partial charge in [-0.1, -0.05) is 0 Å². The molecule has 3 aliphatic rings. The molecule has 3 aliphatic carbocycles. The van der Waals surface area contributed by atoms with Gasteiger partial charge in [0.2, 0.25) is 0 Å². The minimum absolute atomic E-state index is 0.0909. The number of rotatable bonds is 2. The van der Waals surface area contributed by atoms with E-state index in [1.54, 1.807) is 0 Å². The van der Waals surface area contributed by atoms with Gasteiger partial charge in [-0.3, -0.25) is 0 Å². The summed E-state index contributed by atoms with van der Waals surface area (Å²) in [5.74, 6) is 0. The largest absolute Gasteiger partial charge is 0.444 e. The third kappa shape index (κ3) is 3.16. The molecule has 3 saturated carbocycles. The van der Waals surface area contributed by atoms with Crippen LogP contribution < -0.4 is 11.1 Å². The van der Waals surface area contributed by atoms with Gasteiger partial charge >= 0.3 is 6.09 Å². The van der Waals surface area contributed by atoms with E-state index in [0.29, 0.717) is 0 Å². The van der Waals surface area contributed by atoms with Crippen molar-refractivity contribution < 1.29 is 9.53 Å². The highest BCUT2D eigenvalue weighted by Gasteiger charge is 2.46. The van der Waals surface area contributed by atoms with Crippen LogP contribution in [0, 0.1) is 5.41 Å². The average Bonchev–Trinajstić information content (AvgIpc) is 2.26. The maximum absolute atomic E-state index is 11.7. The fraction of sp³-hybridized carbons (Fsp3) is 0.929. The molecule has 1 amide bonds. The van der Waals surface area contributed by atoms with Crippen LogP contribution in [0.1, 0.15) is 59.3 Å². The van der Waals surface area contributed by atoms with Crippen LogP contribution in [0.25, 0.3) is 0 Å². The maximum atomic E-state index is 11.7. The Hall–Kier alpha value is -0.770. The third-order valence-electron chi connectivity index (χ3n) is 4.47. The smallest absolute Gasteiger partial charge is 0.407 e. The highest BCUT2D eigenvalue weighted by atomic mass is 16.6. The van der Waals surface area contributed by atoms with Crippen LogP contribution in [0.2, 0.25) is 0 Å². The standard InChI is InChI=1S/C14H26N2O2/c1-12(2,3)18-11(17)16-10-13-4-7-14(15,8-5-13)9-6-13/h4-10,15H2,1-3H3,(H,16,17)/t13-,14+. The number of hydrogen-bond donors (Lipinski definition) is 2. The normalized spacial score (nSPS) is 35.3. The van der Waals surface area contributed by atoms with Gasteiger partial charge in [-0.15, -0.1) is 0 Å². The summed E-state index contributed by atoms with van der Waals surface area (Å²) < 4.78 is 5.28. The molecule has 3 rings (SSSR count). The summed E-state index contributed by atoms with van der Waals surface area (Å²) in [6.07, 6.45) is 6.42. The van der Waals surface area contributed by atoms with Crippen LogP contribution in [0.3, 0.4) is 0 Å². The van der Waals surface area contributed by atoms with Crippen LogP contribution in [0.15, 0.2) is 0 Å². The first-order valence-electron chi connectivity index (χ1n) is 6.98. The van der Waals surface area contributed by atoms with E-state index in [2.05, 4.69) is 5.32 Å². The summed E-state index contributed by atoms with van der Waals surface area (Å²) >= 11 is 0. The molecule has 4 nitrogen and oxygen atoms in total. The van der Waals surface area contributed by atoms with Gasteiger partial charge in [-0.05, 0) is 64.7 Å². The first-order chi connectivity index (χ1) is 8.22. The van der Waals surface area contributed by atoms with E-state index in [4.69, 9.17) is 10.5 Å². The second kappa shape index (κ2) is 4.41. The fourth-order valence-corrected chi connectivity index (χ4v) is 3.13. The number of ether oxygens (including phenoxy) is 1. The third-order valence-corrected chi connectivity index (χ3v) is 4.47. The Morgan fingerprint density at radius 2 is 1.67 bits per heavy atom. The number of carbonyl (C=O) groups excluding carboxylic acids is 1. The predicted octanol–water partition coefficient (Wildman–Crippen LogP) is 2.56. The molecule has 2 bridgehead atoms. The molecule has 18 heavy (non-hydrogen) atoms. The summed E-state index contributed by atoms with van der Waals surface area (Å²) in [5, 5.41) is 2.94. The molecule has 0 unspecified atom stereocenters. The fourth-order valence-electron chi connectivity index (χ4n) is 3.13. The first-order valence-corrected chi connectivity index (χ1v) is 6.98. The molecule has 0 aromatic carbocycles. The second-order valence-electron chi connectivity index (χ2n) is 7.22. The Balaban J connectivity index is 1.82. The topological polar surface area (TPSA) is 64.3 Å². The zero-order valence-corrected chi connectivity index (χ0v) is 11.8. The van der Waals surface area contributed by atoms with Gasteiger partial charge in [0, 0.05) is 12.1 Å². The van der Waals surface area contributed by atoms with E-state index in [1.165, 1.54) is 0 Å². The molecular weight excluding hydrogens is 228 g/mol. The van der Waals surface area contributed by atoms with Gasteiger partial charge in [0.05, 0.1) is 0 Å². The van der Waals surface area contributed by atoms with Crippen LogP contribution in [0.4, 0.5) is 4.79 Å². The quantitative estimate of drug-likeness (QED) is 0.796. The van der Waals surface area contributed by atoms with Crippen LogP contribution in [-0.4, -0.2) is 23.8 Å². The van der Waals surface area contributed by atoms with Crippen LogP contribution in [0.5, 0.6) is 0 Å². The van der Waals surface area contributed by atoms with E-state index in [0.717, 1.165) is 45.1 Å². The van der Waals surface area contributed by atoms with Crippen molar-refractivity contribution in [3.05, 3.63) is 0 Å². The zero-order valence-electron chi connectivity index (χ0n) is 11.8. The lowest BCUT2D eigenvalue weighted by atomic mass is 9.57. The summed E-state index contributed by atoms with van der Waals surface area (Å²) in [5.41, 5.74) is 6.23. The summed E-state index contributed by atoms with van der Waals surface area (Å²) in [6.45, 7) is 6.39. The lowest BCUT2D eigenvalue weighted by molar-refractivity contribution is 0.0287. The number of nitrogens with one attached hydrogen (secondary N) is 1. The summed E-state index contributed by atoms with van der Waals surface area (Å²) in [6, 6.07) is 0. The first kappa shape index (κ1) is 13.7. The van der Waals surface area contributed by atoms with Crippen molar-refractivity contribution in [2.24, 2.45) is 11.1 Å². The lowest BCUT2D eigenvalue weighted by Crippen LogP contribution is -2.55. The molecule has 3 fully saturated rings. The van der Waals surface area contributed by atoms with Crippen molar-refractivity contribution in [2.75, 3.05) is 6.54 Å². The Morgan fingerprint density at radius 1 is 1.17 bits per heavy atom. The summed E-state index contributed by atoms with van der Waals surface area (Å²) in [7, 11) is 0. The Bertz CT molecular complexity index is 309. The molecule has 0 atom stereocenters. The number of amides is 1. The van der Waals surface area contributed by atoms with Gasteiger partial charge in [-0.2, -0.15) is 0 Å². The molecule has 4 heteroatoms. The second-order valence-corrected chi connectivity index (χ2v) is 7.22. The highest BCUT2D eigenvalue weighted by molar-refractivity contribution is 5.67. The zero-order chi connectivity index (χ0) is 13.4. The molecule has 0 aromatic rings. The lowest BCUT2D eigenvalue weighted by Gasteiger charge is -2.51. The van der Waals surface area contributed by atoms with Gasteiger partial charge in [0.25, 0.3) is 0 Å². The monoisotopic (exact) mass is 254 g/mol. The minimum atomic E-state index is -0.423. The number of nitrogens with two attached hydrogens (primary N) is 1. The molecular formula is C14H26N2O2. The van der Waals surface area contributed by atoms with Gasteiger partial charge < -0.3 is 15.8 Å². The molecule has 0 saturated heterocycles. The number of carbonyl (C=O) groups is 1. The molecule has 0 spiro atoms. The highest BCUT2D eigenvalue weighted by Crippen LogP contribution is 2.50. The number of hydrogen-bond acceptors (Lipinski definition) is 3. The van der Waals surface area contributed by atoms with Crippen molar-refractivity contribution >= 4 is 6.09 Å². The Morgan fingerprint density at radius 3 is 2.11 bits per heavy atom. The minimum Gasteiger partial charge on any atom is -0.444 e.